The highest BCUT2D eigenvalue weighted by Gasteiger charge is 2.20. The predicted octanol–water partition coefficient (Wildman–Crippen LogP) is 2.42. The van der Waals surface area contributed by atoms with E-state index in [2.05, 4.69) is 12.2 Å². The molecule has 2 unspecified atom stereocenters. The van der Waals surface area contributed by atoms with Crippen LogP contribution in [-0.2, 0) is 4.79 Å². The Morgan fingerprint density at radius 3 is 2.44 bits per heavy atom. The highest BCUT2D eigenvalue weighted by Crippen LogP contribution is 2.19. The van der Waals surface area contributed by atoms with Crippen molar-refractivity contribution in [3.8, 4) is 0 Å². The molecule has 0 heterocycles. The molecule has 1 rings (SSSR count). The van der Waals surface area contributed by atoms with Gasteiger partial charge in [-0.05, 0) is 18.4 Å². The van der Waals surface area contributed by atoms with Gasteiger partial charge in [-0.15, -0.1) is 0 Å². The molecule has 0 bridgehead atoms. The minimum absolute atomic E-state index is 0.0721. The summed E-state index contributed by atoms with van der Waals surface area (Å²) in [5.41, 5.74) is 6.75. The van der Waals surface area contributed by atoms with Crippen LogP contribution in [0.4, 0.5) is 0 Å². The molecule has 0 spiro atoms. The van der Waals surface area contributed by atoms with Crippen molar-refractivity contribution < 1.29 is 4.79 Å². The molecule has 0 radical (unpaired) electrons. The number of carbonyl (C=O) groups excluding carboxylic acids is 1. The van der Waals surface area contributed by atoms with Gasteiger partial charge in [0.2, 0.25) is 5.91 Å². The maximum Gasteiger partial charge on any atom is 0.227 e. The molecule has 100 valence electrons. The van der Waals surface area contributed by atoms with E-state index in [1.807, 2.05) is 37.3 Å². The van der Waals surface area contributed by atoms with Crippen LogP contribution in [0.2, 0.25) is 0 Å². The second-order valence-electron chi connectivity index (χ2n) is 4.60. The van der Waals surface area contributed by atoms with Crippen molar-refractivity contribution in [2.75, 3.05) is 6.54 Å². The van der Waals surface area contributed by atoms with Gasteiger partial charge >= 0.3 is 0 Å². The van der Waals surface area contributed by atoms with Gasteiger partial charge in [-0.25, -0.2) is 0 Å². The van der Waals surface area contributed by atoms with E-state index in [1.54, 1.807) is 0 Å². The largest absolute Gasteiger partial charge is 0.352 e. The second kappa shape index (κ2) is 7.88. The molecule has 3 heteroatoms. The van der Waals surface area contributed by atoms with Gasteiger partial charge in [-0.3, -0.25) is 4.79 Å². The zero-order valence-corrected chi connectivity index (χ0v) is 11.4. The average molecular weight is 248 g/mol. The fourth-order valence-corrected chi connectivity index (χ4v) is 2.16. The molecule has 3 N–H and O–H groups in total. The van der Waals surface area contributed by atoms with Crippen LogP contribution in [0.5, 0.6) is 0 Å². The van der Waals surface area contributed by atoms with E-state index in [0.717, 1.165) is 24.8 Å². The Labute approximate surface area is 110 Å². The number of amides is 1. The number of nitrogens with two attached hydrogens (primary N) is 1. The summed E-state index contributed by atoms with van der Waals surface area (Å²) in [5, 5.41) is 3.05. The number of hydrogen-bond acceptors (Lipinski definition) is 2. The van der Waals surface area contributed by atoms with Gasteiger partial charge in [0.05, 0.1) is 5.92 Å². The summed E-state index contributed by atoms with van der Waals surface area (Å²) < 4.78 is 0. The topological polar surface area (TPSA) is 55.1 Å². The molecule has 0 aromatic heterocycles. The molecule has 18 heavy (non-hydrogen) atoms. The van der Waals surface area contributed by atoms with Gasteiger partial charge in [0.25, 0.3) is 0 Å². The van der Waals surface area contributed by atoms with E-state index < -0.39 is 0 Å². The van der Waals surface area contributed by atoms with E-state index >= 15 is 0 Å². The standard InChI is InChI=1S/C15H24N2O/c1-3-8-13(11-16)17-15(18)14(4-2)12-9-6-5-7-10-12/h5-7,9-10,13-14H,3-4,8,11,16H2,1-2H3,(H,17,18). The fourth-order valence-electron chi connectivity index (χ4n) is 2.16. The number of rotatable bonds is 7. The second-order valence-corrected chi connectivity index (χ2v) is 4.60. The Balaban J connectivity index is 2.68. The van der Waals surface area contributed by atoms with Gasteiger partial charge in [0.1, 0.15) is 0 Å². The Bertz CT molecular complexity index is 351. The van der Waals surface area contributed by atoms with Crippen molar-refractivity contribution in [3.05, 3.63) is 35.9 Å². The van der Waals surface area contributed by atoms with Crippen LogP contribution < -0.4 is 11.1 Å². The molecule has 1 aromatic carbocycles. The molecule has 0 aliphatic rings. The molecule has 1 amide bonds. The third kappa shape index (κ3) is 4.15. The molecular formula is C15H24N2O. The molecule has 0 aliphatic carbocycles. The fraction of sp³-hybridized carbons (Fsp3) is 0.533. The van der Waals surface area contributed by atoms with Gasteiger partial charge in [-0.1, -0.05) is 50.6 Å². The van der Waals surface area contributed by atoms with Crippen molar-refractivity contribution in [2.45, 2.75) is 45.1 Å². The van der Waals surface area contributed by atoms with Gasteiger partial charge in [-0.2, -0.15) is 0 Å². The third-order valence-corrected chi connectivity index (χ3v) is 3.19. The van der Waals surface area contributed by atoms with Crippen LogP contribution >= 0.6 is 0 Å². The highest BCUT2D eigenvalue weighted by molar-refractivity contribution is 5.83. The lowest BCUT2D eigenvalue weighted by Gasteiger charge is -2.21. The SMILES string of the molecule is CCCC(CN)NC(=O)C(CC)c1ccccc1. The summed E-state index contributed by atoms with van der Waals surface area (Å²) in [4.78, 5) is 12.3. The van der Waals surface area contributed by atoms with E-state index in [4.69, 9.17) is 5.73 Å². The monoisotopic (exact) mass is 248 g/mol. The minimum atomic E-state index is -0.0721. The summed E-state index contributed by atoms with van der Waals surface area (Å²) in [5.74, 6) is 0.0182. The van der Waals surface area contributed by atoms with Crippen LogP contribution in [0.15, 0.2) is 30.3 Å². The van der Waals surface area contributed by atoms with Crippen LogP contribution in [0.1, 0.15) is 44.6 Å². The van der Waals surface area contributed by atoms with Crippen molar-refractivity contribution in [1.82, 2.24) is 5.32 Å². The van der Waals surface area contributed by atoms with Crippen LogP contribution in [0, 0.1) is 0 Å². The van der Waals surface area contributed by atoms with E-state index in [0.29, 0.717) is 6.54 Å². The molecule has 3 nitrogen and oxygen atoms in total. The van der Waals surface area contributed by atoms with Crippen molar-refractivity contribution in [1.29, 1.82) is 0 Å². The average Bonchev–Trinajstić information content (AvgIpc) is 2.40. The van der Waals surface area contributed by atoms with Crippen molar-refractivity contribution >= 4 is 5.91 Å². The normalized spacial score (nSPS) is 13.9. The smallest absolute Gasteiger partial charge is 0.227 e. The summed E-state index contributed by atoms with van der Waals surface area (Å²) in [6.07, 6.45) is 2.77. The molecule has 0 fully saturated rings. The Morgan fingerprint density at radius 1 is 1.28 bits per heavy atom. The molecule has 0 saturated heterocycles. The predicted molar refractivity (Wildman–Crippen MR) is 75.4 cm³/mol. The first kappa shape index (κ1) is 14.7. The third-order valence-electron chi connectivity index (χ3n) is 3.19. The number of benzene rings is 1. The van der Waals surface area contributed by atoms with E-state index in [9.17, 15) is 4.79 Å². The van der Waals surface area contributed by atoms with Crippen molar-refractivity contribution in [3.63, 3.8) is 0 Å². The zero-order chi connectivity index (χ0) is 13.4. The van der Waals surface area contributed by atoms with Crippen LogP contribution in [0.25, 0.3) is 0 Å². The number of hydrogen-bond donors (Lipinski definition) is 2. The first-order valence-electron chi connectivity index (χ1n) is 6.78. The Hall–Kier alpha value is -1.35. The molecule has 0 saturated carbocycles. The quantitative estimate of drug-likeness (QED) is 0.778. The zero-order valence-electron chi connectivity index (χ0n) is 11.4. The first-order chi connectivity index (χ1) is 8.72. The Morgan fingerprint density at radius 2 is 1.94 bits per heavy atom. The van der Waals surface area contributed by atoms with Gasteiger partial charge < -0.3 is 11.1 Å². The maximum atomic E-state index is 12.3. The van der Waals surface area contributed by atoms with Crippen molar-refractivity contribution in [2.24, 2.45) is 5.73 Å². The summed E-state index contributed by atoms with van der Waals surface area (Å²) in [6.45, 7) is 4.64. The van der Waals surface area contributed by atoms with E-state index in [-0.39, 0.29) is 17.9 Å². The first-order valence-corrected chi connectivity index (χ1v) is 6.78. The number of nitrogens with one attached hydrogen (secondary N) is 1. The molecule has 2 atom stereocenters. The Kier molecular flexibility index (Phi) is 6.44. The van der Waals surface area contributed by atoms with E-state index in [1.165, 1.54) is 0 Å². The van der Waals surface area contributed by atoms with Gasteiger partial charge in [0.15, 0.2) is 0 Å². The summed E-state index contributed by atoms with van der Waals surface area (Å²) >= 11 is 0. The number of carbonyl (C=O) groups is 1. The highest BCUT2D eigenvalue weighted by atomic mass is 16.1. The lowest BCUT2D eigenvalue weighted by Crippen LogP contribution is -2.42. The van der Waals surface area contributed by atoms with Crippen LogP contribution in [0.3, 0.4) is 0 Å². The molecule has 1 aromatic rings. The molecule has 0 aliphatic heterocycles. The summed E-state index contributed by atoms with van der Waals surface area (Å²) in [6, 6.07) is 10.0. The molecular weight excluding hydrogens is 224 g/mol. The minimum Gasteiger partial charge on any atom is -0.352 e. The van der Waals surface area contributed by atoms with Crippen LogP contribution in [-0.4, -0.2) is 18.5 Å². The lowest BCUT2D eigenvalue weighted by molar-refractivity contribution is -0.123. The summed E-state index contributed by atoms with van der Waals surface area (Å²) in [7, 11) is 0. The maximum absolute atomic E-state index is 12.3. The van der Waals surface area contributed by atoms with Gasteiger partial charge in [0, 0.05) is 12.6 Å². The lowest BCUT2D eigenvalue weighted by atomic mass is 9.95.